The van der Waals surface area contributed by atoms with E-state index in [0.29, 0.717) is 50.1 Å². The number of likely N-dealkylation sites (tertiary alicyclic amines) is 1. The molecular formula is C35H53N5O5. The lowest BCUT2D eigenvalue weighted by Crippen LogP contribution is -2.51. The summed E-state index contributed by atoms with van der Waals surface area (Å²) in [5.74, 6) is -0.0865. The van der Waals surface area contributed by atoms with Crippen LogP contribution in [0.25, 0.3) is 0 Å². The molecule has 2 aromatic rings. The number of rotatable bonds is 12. The first kappa shape index (κ1) is 35.7. The van der Waals surface area contributed by atoms with Crippen LogP contribution in [0.5, 0.6) is 5.75 Å². The van der Waals surface area contributed by atoms with Crippen molar-refractivity contribution in [2.75, 3.05) is 52.1 Å². The van der Waals surface area contributed by atoms with Crippen LogP contribution in [0, 0.1) is 13.8 Å². The molecule has 4 amide bonds. The lowest BCUT2D eigenvalue weighted by molar-refractivity contribution is -0.130. The third-order valence-corrected chi connectivity index (χ3v) is 8.64. The summed E-state index contributed by atoms with van der Waals surface area (Å²) in [6.07, 6.45) is 4.85. The molecule has 2 aromatic carbocycles. The predicted octanol–water partition coefficient (Wildman–Crippen LogP) is 5.49. The number of aryl methyl sites for hydroxylation is 2. The highest BCUT2D eigenvalue weighted by Crippen LogP contribution is 2.26. The third-order valence-electron chi connectivity index (χ3n) is 8.64. The van der Waals surface area contributed by atoms with E-state index >= 15 is 0 Å². The van der Waals surface area contributed by atoms with Gasteiger partial charge in [0.1, 0.15) is 5.75 Å². The summed E-state index contributed by atoms with van der Waals surface area (Å²) in [7, 11) is 4.13. The van der Waals surface area contributed by atoms with E-state index < -0.39 is 12.2 Å². The molecular weight excluding hydrogens is 570 g/mol. The highest BCUT2D eigenvalue weighted by molar-refractivity contribution is 5.91. The van der Waals surface area contributed by atoms with Crippen LogP contribution in [0.1, 0.15) is 68.2 Å². The highest BCUT2D eigenvalue weighted by Gasteiger charge is 2.33. The van der Waals surface area contributed by atoms with Gasteiger partial charge in [-0.05, 0) is 94.9 Å². The Balaban J connectivity index is 0.00000552. The predicted molar refractivity (Wildman–Crippen MR) is 179 cm³/mol. The number of ether oxygens (including phenoxy) is 1. The molecule has 0 unspecified atom stereocenters. The van der Waals surface area contributed by atoms with Crippen molar-refractivity contribution in [1.82, 2.24) is 20.0 Å². The summed E-state index contributed by atoms with van der Waals surface area (Å²) in [6, 6.07) is 11.4. The zero-order valence-electron chi connectivity index (χ0n) is 26.7. The maximum absolute atomic E-state index is 13.3. The van der Waals surface area contributed by atoms with E-state index in [2.05, 4.69) is 29.6 Å². The Morgan fingerprint density at radius 2 is 1.71 bits per heavy atom. The van der Waals surface area contributed by atoms with Gasteiger partial charge < -0.3 is 35.2 Å². The van der Waals surface area contributed by atoms with Gasteiger partial charge in [0.2, 0.25) is 0 Å². The highest BCUT2D eigenvalue weighted by atomic mass is 16.6. The third kappa shape index (κ3) is 10.1. The summed E-state index contributed by atoms with van der Waals surface area (Å²) in [5, 5.41) is 16.2. The fourth-order valence-corrected chi connectivity index (χ4v) is 6.09. The van der Waals surface area contributed by atoms with Gasteiger partial charge in [-0.15, -0.1) is 0 Å². The Kier molecular flexibility index (Phi) is 13.5. The molecule has 0 aromatic heterocycles. The summed E-state index contributed by atoms with van der Waals surface area (Å²) in [4.78, 5) is 45.3. The number of aromatic hydroxyl groups is 1. The van der Waals surface area contributed by atoms with Crippen LogP contribution in [-0.4, -0.2) is 96.8 Å². The molecule has 2 heterocycles. The fraction of sp³-hybridized carbons (Fsp3) is 0.571. The van der Waals surface area contributed by atoms with Crippen molar-refractivity contribution in [2.45, 2.75) is 84.8 Å². The van der Waals surface area contributed by atoms with Gasteiger partial charge >= 0.3 is 12.1 Å². The van der Waals surface area contributed by atoms with Crippen LogP contribution in [0.2, 0.25) is 0 Å². The molecule has 0 spiro atoms. The molecule has 3 N–H and O–H groups in total. The van der Waals surface area contributed by atoms with Crippen molar-refractivity contribution in [3.8, 4) is 5.75 Å². The SMILES string of the molecule is C.Cc1cc(C[C@@H](OC(=O)N2CCC(N3CCc4ccccc4NC3=O)CC2)C(=O)NCCCCCCN(C)C)cc(C)c1O. The maximum Gasteiger partial charge on any atom is 0.410 e. The van der Waals surface area contributed by atoms with Crippen molar-refractivity contribution >= 4 is 23.7 Å². The van der Waals surface area contributed by atoms with Gasteiger partial charge in [0, 0.05) is 44.3 Å². The molecule has 0 saturated carbocycles. The topological polar surface area (TPSA) is 114 Å². The van der Waals surface area contributed by atoms with E-state index in [4.69, 9.17) is 4.74 Å². The van der Waals surface area contributed by atoms with Gasteiger partial charge in [0.25, 0.3) is 5.91 Å². The van der Waals surface area contributed by atoms with E-state index in [1.165, 1.54) is 0 Å². The number of hydrogen-bond donors (Lipinski definition) is 3. The number of unbranched alkanes of at least 4 members (excludes halogenated alkanes) is 3. The molecule has 0 aliphatic carbocycles. The molecule has 4 rings (SSSR count). The van der Waals surface area contributed by atoms with Crippen LogP contribution in [0.3, 0.4) is 0 Å². The molecule has 45 heavy (non-hydrogen) atoms. The minimum Gasteiger partial charge on any atom is -0.507 e. The van der Waals surface area contributed by atoms with E-state index in [1.54, 1.807) is 4.90 Å². The van der Waals surface area contributed by atoms with E-state index in [0.717, 1.165) is 55.5 Å². The zero-order chi connectivity index (χ0) is 31.6. The number of para-hydroxylation sites is 1. The van der Waals surface area contributed by atoms with Crippen molar-refractivity contribution in [3.05, 3.63) is 58.7 Å². The molecule has 1 saturated heterocycles. The van der Waals surface area contributed by atoms with E-state index in [1.807, 2.05) is 55.1 Å². The number of nitrogens with zero attached hydrogens (tertiary/aromatic N) is 3. The van der Waals surface area contributed by atoms with Gasteiger partial charge in [-0.1, -0.05) is 50.6 Å². The van der Waals surface area contributed by atoms with Crippen molar-refractivity contribution < 1.29 is 24.2 Å². The molecule has 1 atom stereocenters. The van der Waals surface area contributed by atoms with Crippen LogP contribution in [-0.2, 0) is 22.4 Å². The monoisotopic (exact) mass is 623 g/mol. The van der Waals surface area contributed by atoms with Crippen LogP contribution >= 0.6 is 0 Å². The maximum atomic E-state index is 13.3. The summed E-state index contributed by atoms with van der Waals surface area (Å²) in [5.41, 5.74) is 4.23. The second-order valence-electron chi connectivity index (χ2n) is 12.4. The smallest absolute Gasteiger partial charge is 0.410 e. The lowest BCUT2D eigenvalue weighted by atomic mass is 10.0. The second-order valence-corrected chi connectivity index (χ2v) is 12.4. The Hall–Kier alpha value is -3.79. The van der Waals surface area contributed by atoms with Gasteiger partial charge in [-0.2, -0.15) is 0 Å². The van der Waals surface area contributed by atoms with E-state index in [9.17, 15) is 19.5 Å². The molecule has 248 valence electrons. The number of carbonyl (C=O) groups is 3. The van der Waals surface area contributed by atoms with Gasteiger partial charge in [-0.3, -0.25) is 4.79 Å². The first-order valence-corrected chi connectivity index (χ1v) is 15.9. The Bertz CT molecular complexity index is 1270. The fourth-order valence-electron chi connectivity index (χ4n) is 6.09. The largest absolute Gasteiger partial charge is 0.507 e. The van der Waals surface area contributed by atoms with E-state index in [-0.39, 0.29) is 37.6 Å². The lowest BCUT2D eigenvalue weighted by Gasteiger charge is -2.37. The Morgan fingerprint density at radius 3 is 2.40 bits per heavy atom. The van der Waals surface area contributed by atoms with Crippen molar-refractivity contribution in [3.63, 3.8) is 0 Å². The summed E-state index contributed by atoms with van der Waals surface area (Å²) >= 11 is 0. The average Bonchev–Trinajstić information content (AvgIpc) is 3.16. The summed E-state index contributed by atoms with van der Waals surface area (Å²) in [6.45, 7) is 6.72. The average molecular weight is 624 g/mol. The number of fused-ring (bicyclic) bond motifs is 1. The Labute approximate surface area is 269 Å². The number of phenols is 1. The van der Waals surface area contributed by atoms with Crippen LogP contribution < -0.4 is 10.6 Å². The summed E-state index contributed by atoms with van der Waals surface area (Å²) < 4.78 is 5.87. The molecule has 1 fully saturated rings. The number of hydrogen-bond acceptors (Lipinski definition) is 6. The van der Waals surface area contributed by atoms with Crippen LogP contribution in [0.4, 0.5) is 15.3 Å². The first-order chi connectivity index (χ1) is 21.1. The number of benzene rings is 2. The molecule has 10 heteroatoms. The number of piperidine rings is 1. The Morgan fingerprint density at radius 1 is 1.04 bits per heavy atom. The molecule has 2 aliphatic heterocycles. The minimum absolute atomic E-state index is 0. The number of anilines is 1. The number of carbonyl (C=O) groups excluding carboxylic acids is 3. The molecule has 10 nitrogen and oxygen atoms in total. The standard InChI is InChI=1S/C34H49N5O5.CH4/c1-24-21-26(22-25(2)31(24)40)23-30(32(41)35-16-9-5-6-10-17-37(3)4)44-34(43)38-18-14-28(15-19-38)39-20-13-27-11-7-8-12-29(27)36-33(39)42;/h7-8,11-12,21-22,28,30,40H,5-6,9-10,13-20,23H2,1-4H3,(H,35,41)(H,36,42);1H4/t30-;/m1./s1. The number of amides is 4. The number of nitrogens with one attached hydrogen (secondary N) is 2. The van der Waals surface area contributed by atoms with Crippen molar-refractivity contribution in [2.24, 2.45) is 0 Å². The number of phenolic OH excluding ortho intramolecular Hbond substituents is 1. The first-order valence-electron chi connectivity index (χ1n) is 15.9. The van der Waals surface area contributed by atoms with Gasteiger partial charge in [0.05, 0.1) is 0 Å². The number of urea groups is 1. The molecule has 2 aliphatic rings. The molecule has 0 radical (unpaired) electrons. The second kappa shape index (κ2) is 17.1. The van der Waals surface area contributed by atoms with Gasteiger partial charge in [-0.25, -0.2) is 9.59 Å². The zero-order valence-corrected chi connectivity index (χ0v) is 26.7. The molecule has 0 bridgehead atoms. The minimum atomic E-state index is -0.993. The van der Waals surface area contributed by atoms with Crippen molar-refractivity contribution in [1.29, 1.82) is 0 Å². The quantitative estimate of drug-likeness (QED) is 0.270. The normalized spacial score (nSPS) is 15.9. The van der Waals surface area contributed by atoms with Gasteiger partial charge in [0.15, 0.2) is 6.10 Å². The van der Waals surface area contributed by atoms with Crippen LogP contribution in [0.15, 0.2) is 36.4 Å².